The third-order valence-corrected chi connectivity index (χ3v) is 5.31. The number of fused-ring (bicyclic) bond motifs is 1. The quantitative estimate of drug-likeness (QED) is 0.651. The van der Waals surface area contributed by atoms with Crippen molar-refractivity contribution in [3.63, 3.8) is 0 Å². The Labute approximate surface area is 66.9 Å². The van der Waals surface area contributed by atoms with Gasteiger partial charge in [0.2, 0.25) is 0 Å². The minimum absolute atomic E-state index is 0.0592. The fourth-order valence-electron chi connectivity index (χ4n) is 0.824. The molecule has 0 aromatic heterocycles. The molecule has 1 heterocycles. The van der Waals surface area contributed by atoms with Crippen LogP contribution in [-0.4, -0.2) is 18.3 Å². The van der Waals surface area contributed by atoms with Gasteiger partial charge in [0.1, 0.15) is 0 Å². The Bertz CT molecular complexity index is 289. The molecule has 2 nitrogen and oxygen atoms in total. The molecule has 1 atom stereocenters. The molecule has 1 unspecified atom stereocenters. The molecule has 0 aliphatic carbocycles. The molecule has 0 saturated heterocycles. The maximum absolute atomic E-state index is 11.1. The van der Waals surface area contributed by atoms with Gasteiger partial charge in [-0.15, -0.1) is 0 Å². The molecular formula is C6H5NOSSe. The van der Waals surface area contributed by atoms with E-state index in [1.807, 2.05) is 24.3 Å². The monoisotopic (exact) mass is 219 g/mol. The van der Waals surface area contributed by atoms with Crippen molar-refractivity contribution in [1.29, 1.82) is 0 Å². The van der Waals surface area contributed by atoms with E-state index in [9.17, 15) is 4.21 Å². The van der Waals surface area contributed by atoms with Crippen LogP contribution in [0.25, 0.3) is 0 Å². The number of hydrogen-bond donors (Lipinski definition) is 1. The summed E-state index contributed by atoms with van der Waals surface area (Å²) in [4.78, 5) is 0.961. The van der Waals surface area contributed by atoms with Crippen LogP contribution in [0, 0.1) is 0 Å². The topological polar surface area (TPSA) is 29.1 Å². The first kappa shape index (κ1) is 6.40. The van der Waals surface area contributed by atoms with E-state index in [1.54, 1.807) is 0 Å². The van der Waals surface area contributed by atoms with E-state index in [0.717, 1.165) is 10.6 Å². The molecule has 0 spiro atoms. The summed E-state index contributed by atoms with van der Waals surface area (Å²) in [7, 11) is -0.746. The number of anilines is 1. The summed E-state index contributed by atoms with van der Waals surface area (Å²) >= 11 is 0.0592. The van der Waals surface area contributed by atoms with Crippen LogP contribution >= 0.6 is 0 Å². The summed E-state index contributed by atoms with van der Waals surface area (Å²) in [6.07, 6.45) is 0. The predicted octanol–water partition coefficient (Wildman–Crippen LogP) is 0.754. The fraction of sp³-hybridized carbons (Fsp3) is 0. The van der Waals surface area contributed by atoms with E-state index in [1.165, 1.54) is 0 Å². The van der Waals surface area contributed by atoms with Crippen LogP contribution in [0.1, 0.15) is 0 Å². The molecule has 1 N–H and O–H groups in total. The Morgan fingerprint density at radius 2 is 2.20 bits per heavy atom. The zero-order chi connectivity index (χ0) is 6.97. The average Bonchev–Trinajstić information content (AvgIpc) is 2.34. The second-order valence-electron chi connectivity index (χ2n) is 1.92. The van der Waals surface area contributed by atoms with Gasteiger partial charge in [-0.3, -0.25) is 0 Å². The van der Waals surface area contributed by atoms with Crippen molar-refractivity contribution in [3.05, 3.63) is 24.3 Å². The Balaban J connectivity index is 2.61. The molecule has 1 aliphatic rings. The molecular weight excluding hydrogens is 213 g/mol. The summed E-state index contributed by atoms with van der Waals surface area (Å²) in [6.45, 7) is 0. The molecule has 2 rings (SSSR count). The van der Waals surface area contributed by atoms with E-state index in [2.05, 4.69) is 4.33 Å². The Hall–Kier alpha value is -0.311. The van der Waals surface area contributed by atoms with E-state index in [-0.39, 0.29) is 14.1 Å². The van der Waals surface area contributed by atoms with Crippen LogP contribution in [0.3, 0.4) is 0 Å². The van der Waals surface area contributed by atoms with Crippen molar-refractivity contribution >= 4 is 29.0 Å². The van der Waals surface area contributed by atoms with Crippen molar-refractivity contribution in [3.8, 4) is 0 Å². The number of rotatable bonds is 0. The van der Waals surface area contributed by atoms with E-state index in [4.69, 9.17) is 0 Å². The molecule has 0 radical (unpaired) electrons. The van der Waals surface area contributed by atoms with Gasteiger partial charge in [-0.1, -0.05) is 0 Å². The second kappa shape index (κ2) is 2.38. The first-order valence-electron chi connectivity index (χ1n) is 2.82. The minimum atomic E-state index is -0.746. The van der Waals surface area contributed by atoms with Crippen LogP contribution in [0.5, 0.6) is 0 Å². The molecule has 0 amide bonds. The van der Waals surface area contributed by atoms with Gasteiger partial charge in [0.15, 0.2) is 0 Å². The van der Waals surface area contributed by atoms with Gasteiger partial charge in [0.05, 0.1) is 0 Å². The third-order valence-electron chi connectivity index (χ3n) is 1.29. The van der Waals surface area contributed by atoms with Gasteiger partial charge in [0.25, 0.3) is 0 Å². The number of hydrogen-bond acceptors (Lipinski definition) is 2. The Morgan fingerprint density at radius 1 is 1.40 bits per heavy atom. The number of benzene rings is 1. The van der Waals surface area contributed by atoms with Gasteiger partial charge in [-0.25, -0.2) is 0 Å². The van der Waals surface area contributed by atoms with E-state index < -0.39 is 9.22 Å². The molecule has 10 heavy (non-hydrogen) atoms. The summed E-state index contributed by atoms with van der Waals surface area (Å²) in [5, 5.41) is 0. The van der Waals surface area contributed by atoms with Crippen molar-refractivity contribution in [2.45, 2.75) is 4.90 Å². The first-order valence-corrected chi connectivity index (χ1v) is 6.85. The molecule has 1 aromatic rings. The predicted molar refractivity (Wildman–Crippen MR) is 42.2 cm³/mol. The summed E-state index contributed by atoms with van der Waals surface area (Å²) in [5.41, 5.74) is 1.04. The van der Waals surface area contributed by atoms with E-state index >= 15 is 0 Å². The average molecular weight is 218 g/mol. The summed E-state index contributed by atoms with van der Waals surface area (Å²) < 4.78 is 14.3. The van der Waals surface area contributed by atoms with Crippen molar-refractivity contribution in [2.24, 2.45) is 0 Å². The molecule has 0 bridgehead atoms. The number of para-hydroxylation sites is 1. The third kappa shape index (κ3) is 0.888. The van der Waals surface area contributed by atoms with Gasteiger partial charge in [0, 0.05) is 0 Å². The van der Waals surface area contributed by atoms with Crippen molar-refractivity contribution in [2.75, 3.05) is 4.33 Å². The first-order chi connectivity index (χ1) is 4.88. The number of nitrogens with one attached hydrogen (secondary N) is 1. The second-order valence-corrected chi connectivity index (χ2v) is 6.38. The summed E-state index contributed by atoms with van der Waals surface area (Å²) in [5.74, 6) is 0. The van der Waals surface area contributed by atoms with Crippen molar-refractivity contribution in [1.82, 2.24) is 0 Å². The van der Waals surface area contributed by atoms with Gasteiger partial charge < -0.3 is 0 Å². The Kier molecular flexibility index (Phi) is 1.52. The van der Waals surface area contributed by atoms with Crippen LogP contribution in [0.2, 0.25) is 0 Å². The normalized spacial score (nSPS) is 21.8. The zero-order valence-electron chi connectivity index (χ0n) is 5.03. The van der Waals surface area contributed by atoms with Crippen LogP contribution < -0.4 is 4.33 Å². The van der Waals surface area contributed by atoms with Gasteiger partial charge in [-0.2, -0.15) is 0 Å². The molecule has 0 fully saturated rings. The van der Waals surface area contributed by atoms with Crippen LogP contribution in [-0.2, 0) is 9.22 Å². The maximum atomic E-state index is 11.1. The fourth-order valence-corrected chi connectivity index (χ4v) is 4.61. The Morgan fingerprint density at radius 3 is 3.00 bits per heavy atom. The van der Waals surface area contributed by atoms with Crippen LogP contribution in [0.4, 0.5) is 5.69 Å². The van der Waals surface area contributed by atoms with E-state index in [0.29, 0.717) is 0 Å². The SMILES string of the molecule is O=S1[Se]Nc2ccccc21. The van der Waals surface area contributed by atoms with Crippen molar-refractivity contribution < 1.29 is 4.21 Å². The molecule has 4 heteroatoms. The molecule has 52 valence electrons. The van der Waals surface area contributed by atoms with Crippen LogP contribution in [0.15, 0.2) is 29.2 Å². The standard InChI is InChI=1S/C6H5NOSSe/c8-9-6-4-2-1-3-5(6)7-10-9/h1-4,7H. The van der Waals surface area contributed by atoms with Gasteiger partial charge in [-0.05, 0) is 0 Å². The summed E-state index contributed by atoms with van der Waals surface area (Å²) in [6, 6.07) is 7.74. The van der Waals surface area contributed by atoms with Gasteiger partial charge >= 0.3 is 66.7 Å². The molecule has 1 aliphatic heterocycles. The molecule has 0 saturated carbocycles. The zero-order valence-corrected chi connectivity index (χ0v) is 7.56. The molecule has 1 aromatic carbocycles.